The Bertz CT molecular complexity index is 1220. The molecule has 1 heterocycles. The number of sulfonamides is 1. The van der Waals surface area contributed by atoms with E-state index in [4.69, 9.17) is 21.1 Å². The van der Waals surface area contributed by atoms with Gasteiger partial charge in [-0.05, 0) is 53.6 Å². The van der Waals surface area contributed by atoms with Crippen molar-refractivity contribution in [2.24, 2.45) is 0 Å². The van der Waals surface area contributed by atoms with E-state index in [9.17, 15) is 17.2 Å². The smallest absolute Gasteiger partial charge is 0.246 e. The Kier molecular flexibility index (Phi) is 8.58. The van der Waals surface area contributed by atoms with Crippen molar-refractivity contribution < 1.29 is 26.7 Å². The normalized spacial score (nSPS) is 15.4. The highest BCUT2D eigenvalue weighted by atomic mass is 35.5. The van der Waals surface area contributed by atoms with Crippen LogP contribution in [0.25, 0.3) is 0 Å². The monoisotopic (exact) mass is 536 g/mol. The SMILES string of the molecule is COc1ccc(Cl)cc1S(=O)(=O)N1CCN(CCOC(c2ccc(F)cc2)c2ccc(F)cc2)CC1. The number of piperazine rings is 1. The Morgan fingerprint density at radius 2 is 1.44 bits per heavy atom. The van der Waals surface area contributed by atoms with Gasteiger partial charge in [-0.1, -0.05) is 35.9 Å². The molecular weight excluding hydrogens is 510 g/mol. The number of hydrogen-bond acceptors (Lipinski definition) is 5. The van der Waals surface area contributed by atoms with Crippen molar-refractivity contribution in [1.29, 1.82) is 0 Å². The fourth-order valence-corrected chi connectivity index (χ4v) is 5.98. The van der Waals surface area contributed by atoms with Gasteiger partial charge in [-0.2, -0.15) is 4.31 Å². The van der Waals surface area contributed by atoms with Crippen LogP contribution in [0.5, 0.6) is 5.75 Å². The first-order chi connectivity index (χ1) is 17.3. The van der Waals surface area contributed by atoms with E-state index in [-0.39, 0.29) is 22.3 Å². The molecule has 0 saturated carbocycles. The lowest BCUT2D eigenvalue weighted by atomic mass is 10.0. The van der Waals surface area contributed by atoms with Gasteiger partial charge >= 0.3 is 0 Å². The number of nitrogens with zero attached hydrogens (tertiary/aromatic N) is 2. The van der Waals surface area contributed by atoms with Crippen LogP contribution in [0.4, 0.5) is 8.78 Å². The van der Waals surface area contributed by atoms with Crippen molar-refractivity contribution in [1.82, 2.24) is 9.21 Å². The van der Waals surface area contributed by atoms with E-state index in [1.807, 2.05) is 0 Å². The molecule has 0 aromatic heterocycles. The van der Waals surface area contributed by atoms with Crippen molar-refractivity contribution in [3.05, 3.63) is 94.5 Å². The minimum absolute atomic E-state index is 0.0516. The largest absolute Gasteiger partial charge is 0.495 e. The maximum atomic E-state index is 13.4. The summed E-state index contributed by atoms with van der Waals surface area (Å²) in [5.74, 6) is -0.442. The van der Waals surface area contributed by atoms with Crippen molar-refractivity contribution in [2.45, 2.75) is 11.0 Å². The van der Waals surface area contributed by atoms with Gasteiger partial charge in [-0.25, -0.2) is 17.2 Å². The van der Waals surface area contributed by atoms with Crippen LogP contribution in [0.2, 0.25) is 5.02 Å². The predicted octanol–water partition coefficient (Wildman–Crippen LogP) is 4.74. The number of rotatable bonds is 9. The zero-order chi connectivity index (χ0) is 25.7. The van der Waals surface area contributed by atoms with E-state index in [1.54, 1.807) is 36.4 Å². The van der Waals surface area contributed by atoms with E-state index < -0.39 is 16.1 Å². The predicted molar refractivity (Wildman–Crippen MR) is 134 cm³/mol. The molecule has 0 radical (unpaired) electrons. The Balaban J connectivity index is 1.37. The molecule has 0 spiro atoms. The van der Waals surface area contributed by atoms with Crippen LogP contribution in [-0.2, 0) is 14.8 Å². The molecule has 0 aliphatic carbocycles. The molecule has 0 amide bonds. The molecule has 0 bridgehead atoms. The van der Waals surface area contributed by atoms with Crippen molar-refractivity contribution in [3.63, 3.8) is 0 Å². The summed E-state index contributed by atoms with van der Waals surface area (Å²) >= 11 is 6.03. The molecule has 0 atom stereocenters. The minimum atomic E-state index is -3.76. The number of hydrogen-bond donors (Lipinski definition) is 0. The summed E-state index contributed by atoms with van der Waals surface area (Å²) in [5.41, 5.74) is 1.52. The molecule has 6 nitrogen and oxygen atoms in total. The average Bonchev–Trinajstić information content (AvgIpc) is 2.88. The maximum absolute atomic E-state index is 13.4. The Morgan fingerprint density at radius 1 is 0.889 bits per heavy atom. The number of halogens is 3. The van der Waals surface area contributed by atoms with Crippen LogP contribution in [0.15, 0.2) is 71.6 Å². The molecule has 3 aromatic carbocycles. The topological polar surface area (TPSA) is 59.1 Å². The van der Waals surface area contributed by atoms with Gasteiger partial charge in [-0.15, -0.1) is 0 Å². The summed E-state index contributed by atoms with van der Waals surface area (Å²) in [6.45, 7) is 2.63. The highest BCUT2D eigenvalue weighted by molar-refractivity contribution is 7.89. The molecule has 192 valence electrons. The number of benzene rings is 3. The Morgan fingerprint density at radius 3 is 1.97 bits per heavy atom. The van der Waals surface area contributed by atoms with Gasteiger partial charge in [0.2, 0.25) is 10.0 Å². The van der Waals surface area contributed by atoms with Gasteiger partial charge < -0.3 is 9.47 Å². The zero-order valence-corrected chi connectivity index (χ0v) is 21.3. The van der Waals surface area contributed by atoms with Gasteiger partial charge in [-0.3, -0.25) is 4.90 Å². The summed E-state index contributed by atoms with van der Waals surface area (Å²) in [6.07, 6.45) is -0.483. The molecule has 4 rings (SSSR count). The highest BCUT2D eigenvalue weighted by Crippen LogP contribution is 2.30. The van der Waals surface area contributed by atoms with Crippen LogP contribution in [0, 0.1) is 11.6 Å². The molecule has 10 heteroatoms. The maximum Gasteiger partial charge on any atom is 0.246 e. The Hall–Kier alpha value is -2.56. The summed E-state index contributed by atoms with van der Waals surface area (Å²) in [5, 5.41) is 0.321. The standard InChI is InChI=1S/C26H27ClF2N2O4S/c1-34-24-11-6-21(27)18-25(24)36(32,33)31-14-12-30(13-15-31)16-17-35-26(19-2-7-22(28)8-3-19)20-4-9-23(29)10-5-20/h2-11,18,26H,12-17H2,1H3. The fourth-order valence-electron chi connectivity index (χ4n) is 4.14. The van der Waals surface area contributed by atoms with Gasteiger partial charge in [0.15, 0.2) is 0 Å². The van der Waals surface area contributed by atoms with Crippen LogP contribution < -0.4 is 4.74 Å². The molecule has 0 unspecified atom stereocenters. The Labute approximate surface area is 215 Å². The lowest BCUT2D eigenvalue weighted by Gasteiger charge is -2.34. The third kappa shape index (κ3) is 6.22. The summed E-state index contributed by atoms with van der Waals surface area (Å²) in [6, 6.07) is 16.6. The second kappa shape index (κ2) is 11.7. The second-order valence-corrected chi connectivity index (χ2v) is 10.7. The summed E-state index contributed by atoms with van der Waals surface area (Å²) in [7, 11) is -2.34. The number of methoxy groups -OCH3 is 1. The van der Waals surface area contributed by atoms with Crippen molar-refractivity contribution in [2.75, 3.05) is 46.4 Å². The van der Waals surface area contributed by atoms with Crippen LogP contribution in [0.1, 0.15) is 17.2 Å². The van der Waals surface area contributed by atoms with Crippen molar-refractivity contribution in [3.8, 4) is 5.75 Å². The lowest BCUT2D eigenvalue weighted by Crippen LogP contribution is -2.49. The molecular formula is C26H27ClF2N2O4S. The fraction of sp³-hybridized carbons (Fsp3) is 0.308. The summed E-state index contributed by atoms with van der Waals surface area (Å²) in [4.78, 5) is 2.17. The third-order valence-corrected chi connectivity index (χ3v) is 8.27. The lowest BCUT2D eigenvalue weighted by molar-refractivity contribution is 0.0526. The van der Waals surface area contributed by atoms with Crippen LogP contribution in [-0.4, -0.2) is 64.1 Å². The van der Waals surface area contributed by atoms with E-state index in [1.165, 1.54) is 41.7 Å². The zero-order valence-electron chi connectivity index (χ0n) is 19.7. The van der Waals surface area contributed by atoms with Crippen molar-refractivity contribution >= 4 is 21.6 Å². The molecule has 36 heavy (non-hydrogen) atoms. The molecule has 0 N–H and O–H groups in total. The average molecular weight is 537 g/mol. The first kappa shape index (κ1) is 26.5. The second-order valence-electron chi connectivity index (χ2n) is 8.39. The van der Waals surface area contributed by atoms with Crippen LogP contribution in [0.3, 0.4) is 0 Å². The molecule has 1 saturated heterocycles. The van der Waals surface area contributed by atoms with Gasteiger partial charge in [0.25, 0.3) is 0 Å². The van der Waals surface area contributed by atoms with E-state index >= 15 is 0 Å². The molecule has 1 fully saturated rings. The van der Waals surface area contributed by atoms with E-state index in [2.05, 4.69) is 4.90 Å². The first-order valence-electron chi connectivity index (χ1n) is 11.5. The van der Waals surface area contributed by atoms with Gasteiger partial charge in [0.1, 0.15) is 28.4 Å². The van der Waals surface area contributed by atoms with Gasteiger partial charge in [0, 0.05) is 37.7 Å². The van der Waals surface area contributed by atoms with Crippen LogP contribution >= 0.6 is 11.6 Å². The molecule has 3 aromatic rings. The van der Waals surface area contributed by atoms with Gasteiger partial charge in [0.05, 0.1) is 13.7 Å². The third-order valence-electron chi connectivity index (χ3n) is 6.11. The summed E-state index contributed by atoms with van der Waals surface area (Å²) < 4.78 is 66.0. The molecule has 1 aliphatic rings. The van der Waals surface area contributed by atoms with E-state index in [0.717, 1.165) is 11.1 Å². The highest BCUT2D eigenvalue weighted by Gasteiger charge is 2.31. The number of ether oxygens (including phenoxy) is 2. The van der Waals surface area contributed by atoms with E-state index in [0.29, 0.717) is 44.4 Å². The molecule has 1 aliphatic heterocycles. The minimum Gasteiger partial charge on any atom is -0.495 e. The first-order valence-corrected chi connectivity index (χ1v) is 13.3. The quantitative estimate of drug-likeness (QED) is 0.395.